The van der Waals surface area contributed by atoms with E-state index in [1.807, 2.05) is 0 Å². The van der Waals surface area contributed by atoms with Gasteiger partial charge in [-0.1, -0.05) is 23.2 Å². The summed E-state index contributed by atoms with van der Waals surface area (Å²) in [6.45, 7) is 1.42. The number of anilines is 1. The SMILES string of the molecule is C[C@H](OC(=O)c1ccc(Cl)c(Cl)c1)C(=O)Nc1ccc(F)cc1. The summed E-state index contributed by atoms with van der Waals surface area (Å²) < 4.78 is 17.9. The Hall–Kier alpha value is -2.11. The minimum Gasteiger partial charge on any atom is -0.449 e. The zero-order valence-electron chi connectivity index (χ0n) is 12.0. The van der Waals surface area contributed by atoms with Crippen LogP contribution in [-0.4, -0.2) is 18.0 Å². The number of carbonyl (C=O) groups excluding carboxylic acids is 2. The second-order valence-electron chi connectivity index (χ2n) is 4.67. The molecule has 2 aromatic carbocycles. The number of hydrogen-bond acceptors (Lipinski definition) is 3. The van der Waals surface area contributed by atoms with E-state index in [-0.39, 0.29) is 10.6 Å². The fourth-order valence-electron chi connectivity index (χ4n) is 1.68. The van der Waals surface area contributed by atoms with Crippen molar-refractivity contribution in [3.8, 4) is 0 Å². The lowest BCUT2D eigenvalue weighted by atomic mass is 10.2. The summed E-state index contributed by atoms with van der Waals surface area (Å²) in [5.74, 6) is -1.66. The molecule has 0 spiro atoms. The van der Waals surface area contributed by atoms with Gasteiger partial charge in [0.05, 0.1) is 15.6 Å². The van der Waals surface area contributed by atoms with Gasteiger partial charge in [0, 0.05) is 5.69 Å². The van der Waals surface area contributed by atoms with Crippen LogP contribution in [0.4, 0.5) is 10.1 Å². The lowest BCUT2D eigenvalue weighted by Crippen LogP contribution is -2.30. The second-order valence-corrected chi connectivity index (χ2v) is 5.49. The summed E-state index contributed by atoms with van der Waals surface area (Å²) in [7, 11) is 0. The second kappa shape index (κ2) is 7.44. The minimum atomic E-state index is -1.04. The number of benzene rings is 2. The zero-order chi connectivity index (χ0) is 17.0. The van der Waals surface area contributed by atoms with Crippen LogP contribution in [0.2, 0.25) is 10.0 Å². The van der Waals surface area contributed by atoms with E-state index in [1.165, 1.54) is 49.4 Å². The van der Waals surface area contributed by atoms with Crippen molar-refractivity contribution in [3.05, 3.63) is 63.9 Å². The molecule has 0 aromatic heterocycles. The molecule has 0 heterocycles. The highest BCUT2D eigenvalue weighted by Gasteiger charge is 2.19. The Labute approximate surface area is 142 Å². The van der Waals surface area contributed by atoms with E-state index in [0.29, 0.717) is 10.7 Å². The van der Waals surface area contributed by atoms with Crippen LogP contribution in [0.25, 0.3) is 0 Å². The number of esters is 1. The van der Waals surface area contributed by atoms with E-state index >= 15 is 0 Å². The first-order chi connectivity index (χ1) is 10.9. The van der Waals surface area contributed by atoms with Gasteiger partial charge >= 0.3 is 5.97 Å². The van der Waals surface area contributed by atoms with E-state index in [0.717, 1.165) is 0 Å². The third kappa shape index (κ3) is 4.68. The summed E-state index contributed by atoms with van der Waals surface area (Å²) in [5, 5.41) is 3.04. The van der Waals surface area contributed by atoms with Crippen LogP contribution in [0.15, 0.2) is 42.5 Å². The first kappa shape index (κ1) is 17.2. The number of nitrogens with one attached hydrogen (secondary N) is 1. The molecule has 120 valence electrons. The Morgan fingerprint density at radius 1 is 1.09 bits per heavy atom. The topological polar surface area (TPSA) is 55.4 Å². The van der Waals surface area contributed by atoms with Crippen molar-refractivity contribution >= 4 is 40.8 Å². The molecular formula is C16H12Cl2FNO3. The molecule has 4 nitrogen and oxygen atoms in total. The fraction of sp³-hybridized carbons (Fsp3) is 0.125. The molecule has 0 aliphatic heterocycles. The summed E-state index contributed by atoms with van der Waals surface area (Å²) in [5.41, 5.74) is 0.578. The van der Waals surface area contributed by atoms with Gasteiger partial charge in [-0.05, 0) is 49.4 Å². The largest absolute Gasteiger partial charge is 0.449 e. The van der Waals surface area contributed by atoms with E-state index < -0.39 is 23.8 Å². The van der Waals surface area contributed by atoms with Crippen LogP contribution in [0.3, 0.4) is 0 Å². The highest BCUT2D eigenvalue weighted by molar-refractivity contribution is 6.42. The number of hydrogen-bond donors (Lipinski definition) is 1. The van der Waals surface area contributed by atoms with E-state index in [4.69, 9.17) is 27.9 Å². The Balaban J connectivity index is 1.98. The van der Waals surface area contributed by atoms with Crippen molar-refractivity contribution in [2.45, 2.75) is 13.0 Å². The Morgan fingerprint density at radius 3 is 2.35 bits per heavy atom. The highest BCUT2D eigenvalue weighted by atomic mass is 35.5. The number of halogens is 3. The molecule has 0 fully saturated rings. The first-order valence-corrected chi connectivity index (χ1v) is 7.35. The minimum absolute atomic E-state index is 0.181. The Morgan fingerprint density at radius 2 is 1.74 bits per heavy atom. The molecular weight excluding hydrogens is 344 g/mol. The predicted octanol–water partition coefficient (Wildman–Crippen LogP) is 4.32. The third-order valence-electron chi connectivity index (χ3n) is 2.92. The van der Waals surface area contributed by atoms with Crippen molar-refractivity contribution in [2.75, 3.05) is 5.32 Å². The molecule has 7 heteroatoms. The predicted molar refractivity (Wildman–Crippen MR) is 86.4 cm³/mol. The molecule has 0 radical (unpaired) electrons. The van der Waals surface area contributed by atoms with Crippen molar-refractivity contribution < 1.29 is 18.7 Å². The molecule has 0 bridgehead atoms. The maximum Gasteiger partial charge on any atom is 0.338 e. The first-order valence-electron chi connectivity index (χ1n) is 6.59. The molecule has 2 aromatic rings. The van der Waals surface area contributed by atoms with Crippen LogP contribution in [0, 0.1) is 5.82 Å². The maximum absolute atomic E-state index is 12.8. The smallest absolute Gasteiger partial charge is 0.338 e. The molecule has 0 aliphatic carbocycles. The molecule has 0 aliphatic rings. The van der Waals surface area contributed by atoms with Crippen LogP contribution in [0.1, 0.15) is 17.3 Å². The van der Waals surface area contributed by atoms with Crippen molar-refractivity contribution in [1.82, 2.24) is 0 Å². The number of ether oxygens (including phenoxy) is 1. The molecule has 2 rings (SSSR count). The van der Waals surface area contributed by atoms with Crippen LogP contribution < -0.4 is 5.32 Å². The quantitative estimate of drug-likeness (QED) is 0.831. The molecule has 1 N–H and O–H groups in total. The van der Waals surface area contributed by atoms with Crippen molar-refractivity contribution in [2.24, 2.45) is 0 Å². The summed E-state index contributed by atoms with van der Waals surface area (Å²) in [6, 6.07) is 9.49. The van der Waals surface area contributed by atoms with Gasteiger partial charge in [0.1, 0.15) is 5.82 Å². The van der Waals surface area contributed by atoms with E-state index in [1.54, 1.807) is 0 Å². The lowest BCUT2D eigenvalue weighted by molar-refractivity contribution is -0.123. The molecule has 1 amide bonds. The molecule has 0 saturated heterocycles. The highest BCUT2D eigenvalue weighted by Crippen LogP contribution is 2.23. The van der Waals surface area contributed by atoms with Gasteiger partial charge in [0.2, 0.25) is 0 Å². The average Bonchev–Trinajstić information content (AvgIpc) is 2.52. The van der Waals surface area contributed by atoms with E-state index in [2.05, 4.69) is 5.32 Å². The van der Waals surface area contributed by atoms with Crippen LogP contribution >= 0.6 is 23.2 Å². The summed E-state index contributed by atoms with van der Waals surface area (Å²) in [6.07, 6.45) is -1.04. The van der Waals surface area contributed by atoms with Crippen LogP contribution in [0.5, 0.6) is 0 Å². The molecule has 23 heavy (non-hydrogen) atoms. The van der Waals surface area contributed by atoms with Crippen molar-refractivity contribution in [3.63, 3.8) is 0 Å². The maximum atomic E-state index is 12.8. The third-order valence-corrected chi connectivity index (χ3v) is 3.66. The van der Waals surface area contributed by atoms with Crippen molar-refractivity contribution in [1.29, 1.82) is 0 Å². The van der Waals surface area contributed by atoms with Gasteiger partial charge in [-0.25, -0.2) is 9.18 Å². The number of amides is 1. The number of rotatable bonds is 4. The van der Waals surface area contributed by atoms with Gasteiger partial charge < -0.3 is 10.1 Å². The molecule has 0 unspecified atom stereocenters. The van der Waals surface area contributed by atoms with Gasteiger partial charge in [-0.15, -0.1) is 0 Å². The average molecular weight is 356 g/mol. The van der Waals surface area contributed by atoms with Gasteiger partial charge in [-0.3, -0.25) is 4.79 Å². The number of carbonyl (C=O) groups is 2. The molecule has 0 saturated carbocycles. The van der Waals surface area contributed by atoms with Gasteiger partial charge in [0.25, 0.3) is 5.91 Å². The summed E-state index contributed by atoms with van der Waals surface area (Å²) in [4.78, 5) is 23.9. The zero-order valence-corrected chi connectivity index (χ0v) is 13.5. The fourth-order valence-corrected chi connectivity index (χ4v) is 1.98. The van der Waals surface area contributed by atoms with Crippen LogP contribution in [-0.2, 0) is 9.53 Å². The Bertz CT molecular complexity index is 735. The normalized spacial score (nSPS) is 11.7. The van der Waals surface area contributed by atoms with Gasteiger partial charge in [-0.2, -0.15) is 0 Å². The summed E-state index contributed by atoms with van der Waals surface area (Å²) >= 11 is 11.6. The lowest BCUT2D eigenvalue weighted by Gasteiger charge is -2.13. The molecule has 1 atom stereocenters. The standard InChI is InChI=1S/C16H12Cl2FNO3/c1-9(15(21)20-12-5-3-11(19)4-6-12)23-16(22)10-2-7-13(17)14(18)8-10/h2-9H,1H3,(H,20,21)/t9-/m0/s1. The Kier molecular flexibility index (Phi) is 5.58. The van der Waals surface area contributed by atoms with E-state index in [9.17, 15) is 14.0 Å². The van der Waals surface area contributed by atoms with Gasteiger partial charge in [0.15, 0.2) is 6.10 Å². The monoisotopic (exact) mass is 355 g/mol.